The Balaban J connectivity index is 1.94. The molecule has 0 heterocycles. The number of nitrogens with one attached hydrogen (secondary N) is 1. The molecule has 0 saturated carbocycles. The van der Waals surface area contributed by atoms with E-state index in [2.05, 4.69) is 5.32 Å². The third kappa shape index (κ3) is 4.89. The number of hydrogen-bond acceptors (Lipinski definition) is 4. The average Bonchev–Trinajstić information content (AvgIpc) is 2.60. The summed E-state index contributed by atoms with van der Waals surface area (Å²) < 4.78 is 23.4. The van der Waals surface area contributed by atoms with E-state index >= 15 is 0 Å². The van der Waals surface area contributed by atoms with Gasteiger partial charge in [0.25, 0.3) is 0 Å². The van der Waals surface area contributed by atoms with E-state index < -0.39 is 0 Å². The maximum atomic E-state index is 12.9. The van der Waals surface area contributed by atoms with E-state index in [0.717, 1.165) is 10.5 Å². The largest absolute Gasteiger partial charge is 0.497 e. The summed E-state index contributed by atoms with van der Waals surface area (Å²) in [6.07, 6.45) is 0. The lowest BCUT2D eigenvalue weighted by Crippen LogP contribution is -2.28. The van der Waals surface area contributed by atoms with Crippen LogP contribution in [0, 0.1) is 5.82 Å². The van der Waals surface area contributed by atoms with Crippen LogP contribution < -0.4 is 14.8 Å². The minimum atomic E-state index is -0.288. The lowest BCUT2D eigenvalue weighted by molar-refractivity contribution is -0.119. The van der Waals surface area contributed by atoms with Crippen molar-refractivity contribution in [1.82, 2.24) is 5.32 Å². The average molecular weight is 349 g/mol. The highest BCUT2D eigenvalue weighted by Crippen LogP contribution is 2.29. The van der Waals surface area contributed by atoms with Crippen molar-refractivity contribution < 1.29 is 18.7 Å². The van der Waals surface area contributed by atoms with Crippen LogP contribution in [0.25, 0.3) is 0 Å². The van der Waals surface area contributed by atoms with Gasteiger partial charge < -0.3 is 14.8 Å². The van der Waals surface area contributed by atoms with Crippen LogP contribution in [0.5, 0.6) is 11.5 Å². The van der Waals surface area contributed by atoms with Gasteiger partial charge in [-0.2, -0.15) is 0 Å². The zero-order valence-electron chi connectivity index (χ0n) is 13.8. The lowest BCUT2D eigenvalue weighted by Gasteiger charge is -2.18. The van der Waals surface area contributed by atoms with Gasteiger partial charge in [0.2, 0.25) is 5.91 Å². The Bertz CT molecular complexity index is 691. The van der Waals surface area contributed by atoms with Crippen LogP contribution in [0.2, 0.25) is 0 Å². The Hall–Kier alpha value is -2.21. The minimum absolute atomic E-state index is 0.102. The van der Waals surface area contributed by atoms with Gasteiger partial charge in [0.1, 0.15) is 17.3 Å². The molecule has 0 saturated heterocycles. The predicted molar refractivity (Wildman–Crippen MR) is 93.2 cm³/mol. The summed E-state index contributed by atoms with van der Waals surface area (Å²) in [6.45, 7) is 1.89. The normalized spacial score (nSPS) is 11.7. The summed E-state index contributed by atoms with van der Waals surface area (Å²) in [6, 6.07) is 11.4. The molecule has 0 aromatic heterocycles. The van der Waals surface area contributed by atoms with Crippen LogP contribution in [0.1, 0.15) is 18.5 Å². The van der Waals surface area contributed by atoms with Crippen molar-refractivity contribution in [2.75, 3.05) is 20.0 Å². The zero-order valence-corrected chi connectivity index (χ0v) is 14.7. The molecule has 2 rings (SSSR count). The van der Waals surface area contributed by atoms with Gasteiger partial charge in [0, 0.05) is 16.5 Å². The first-order valence-corrected chi connectivity index (χ1v) is 8.41. The summed E-state index contributed by atoms with van der Waals surface area (Å²) in [5, 5.41) is 2.94. The first-order chi connectivity index (χ1) is 11.5. The van der Waals surface area contributed by atoms with Crippen molar-refractivity contribution in [2.45, 2.75) is 17.9 Å². The van der Waals surface area contributed by atoms with Crippen LogP contribution >= 0.6 is 11.8 Å². The molecule has 6 heteroatoms. The maximum absolute atomic E-state index is 12.9. The number of hydrogen-bond donors (Lipinski definition) is 1. The molecule has 128 valence electrons. The first-order valence-electron chi connectivity index (χ1n) is 7.43. The van der Waals surface area contributed by atoms with Crippen molar-refractivity contribution in [2.24, 2.45) is 0 Å². The molecule has 0 bridgehead atoms. The van der Waals surface area contributed by atoms with E-state index in [4.69, 9.17) is 9.47 Å². The summed E-state index contributed by atoms with van der Waals surface area (Å²) in [5.74, 6) is 1.22. The number of rotatable bonds is 7. The smallest absolute Gasteiger partial charge is 0.230 e. The van der Waals surface area contributed by atoms with Gasteiger partial charge in [-0.15, -0.1) is 11.8 Å². The maximum Gasteiger partial charge on any atom is 0.230 e. The number of ether oxygens (including phenoxy) is 2. The van der Waals surface area contributed by atoms with Crippen LogP contribution in [0.15, 0.2) is 47.4 Å². The second-order valence-corrected chi connectivity index (χ2v) is 6.19. The third-order valence-electron chi connectivity index (χ3n) is 3.47. The second kappa shape index (κ2) is 8.59. The molecule has 0 spiro atoms. The van der Waals surface area contributed by atoms with E-state index in [1.165, 1.54) is 23.9 Å². The Labute approximate surface area is 145 Å². The molecule has 0 aliphatic rings. The number of benzene rings is 2. The van der Waals surface area contributed by atoms with Gasteiger partial charge in [0.15, 0.2) is 0 Å². The molecule has 1 unspecified atom stereocenters. The van der Waals surface area contributed by atoms with Crippen molar-refractivity contribution in [3.05, 3.63) is 53.8 Å². The van der Waals surface area contributed by atoms with E-state index in [-0.39, 0.29) is 23.5 Å². The fourth-order valence-electron chi connectivity index (χ4n) is 2.22. The Kier molecular flexibility index (Phi) is 6.49. The van der Waals surface area contributed by atoms with Gasteiger partial charge in [-0.05, 0) is 43.3 Å². The van der Waals surface area contributed by atoms with Crippen molar-refractivity contribution in [3.8, 4) is 11.5 Å². The molecule has 0 radical (unpaired) electrons. The molecule has 0 aliphatic carbocycles. The summed E-state index contributed by atoms with van der Waals surface area (Å²) in [7, 11) is 3.17. The predicted octanol–water partition coefficient (Wildman–Crippen LogP) is 3.81. The second-order valence-electron chi connectivity index (χ2n) is 5.14. The highest BCUT2D eigenvalue weighted by molar-refractivity contribution is 8.00. The van der Waals surface area contributed by atoms with Gasteiger partial charge in [0.05, 0.1) is 26.0 Å². The lowest BCUT2D eigenvalue weighted by atomic mass is 10.1. The van der Waals surface area contributed by atoms with Gasteiger partial charge in [-0.3, -0.25) is 4.79 Å². The molecular weight excluding hydrogens is 329 g/mol. The van der Waals surface area contributed by atoms with E-state index in [1.807, 2.05) is 19.1 Å². The number of methoxy groups -OCH3 is 2. The van der Waals surface area contributed by atoms with E-state index in [0.29, 0.717) is 11.5 Å². The molecule has 2 aromatic carbocycles. The van der Waals surface area contributed by atoms with Crippen molar-refractivity contribution in [3.63, 3.8) is 0 Å². The highest BCUT2D eigenvalue weighted by Gasteiger charge is 2.15. The zero-order chi connectivity index (χ0) is 17.5. The standard InChI is InChI=1S/C18H20FNO3S/c1-12(16-9-6-14(22-2)10-17(16)23-3)20-18(21)11-24-15-7-4-13(19)5-8-15/h4-10,12H,11H2,1-3H3,(H,20,21). The van der Waals surface area contributed by atoms with Crippen LogP contribution in [0.4, 0.5) is 4.39 Å². The highest BCUT2D eigenvalue weighted by atomic mass is 32.2. The molecule has 1 amide bonds. The number of thioether (sulfide) groups is 1. The van der Waals surface area contributed by atoms with E-state index in [1.54, 1.807) is 32.4 Å². The van der Waals surface area contributed by atoms with Gasteiger partial charge >= 0.3 is 0 Å². The molecular formula is C18H20FNO3S. The Morgan fingerprint density at radius 2 is 1.88 bits per heavy atom. The molecule has 1 atom stereocenters. The molecule has 24 heavy (non-hydrogen) atoms. The molecule has 2 aromatic rings. The van der Waals surface area contributed by atoms with Crippen molar-refractivity contribution >= 4 is 17.7 Å². The van der Waals surface area contributed by atoms with Crippen LogP contribution in [-0.2, 0) is 4.79 Å². The Morgan fingerprint density at radius 1 is 1.17 bits per heavy atom. The monoisotopic (exact) mass is 349 g/mol. The Morgan fingerprint density at radius 3 is 2.50 bits per heavy atom. The fourth-order valence-corrected chi connectivity index (χ4v) is 2.93. The first kappa shape index (κ1) is 18.1. The van der Waals surface area contributed by atoms with E-state index in [9.17, 15) is 9.18 Å². The molecule has 4 nitrogen and oxygen atoms in total. The minimum Gasteiger partial charge on any atom is -0.497 e. The fraction of sp³-hybridized carbons (Fsp3) is 0.278. The quantitative estimate of drug-likeness (QED) is 0.772. The number of carbonyl (C=O) groups is 1. The molecule has 0 fully saturated rings. The van der Waals surface area contributed by atoms with Gasteiger partial charge in [-0.1, -0.05) is 0 Å². The number of halogens is 1. The number of carbonyl (C=O) groups excluding carboxylic acids is 1. The third-order valence-corrected chi connectivity index (χ3v) is 4.48. The SMILES string of the molecule is COc1ccc(C(C)NC(=O)CSc2ccc(F)cc2)c(OC)c1. The van der Waals surface area contributed by atoms with Gasteiger partial charge in [-0.25, -0.2) is 4.39 Å². The van der Waals surface area contributed by atoms with Crippen molar-refractivity contribution in [1.29, 1.82) is 0 Å². The molecule has 1 N–H and O–H groups in total. The van der Waals surface area contributed by atoms with Crippen LogP contribution in [-0.4, -0.2) is 25.9 Å². The topological polar surface area (TPSA) is 47.6 Å². The summed E-state index contributed by atoms with van der Waals surface area (Å²) in [5.41, 5.74) is 0.874. The number of amides is 1. The summed E-state index contributed by atoms with van der Waals surface area (Å²) in [4.78, 5) is 13.0. The molecule has 0 aliphatic heterocycles. The van der Waals surface area contributed by atoms with Crippen LogP contribution in [0.3, 0.4) is 0 Å². The summed E-state index contributed by atoms with van der Waals surface area (Å²) >= 11 is 1.36.